The molecular weight excluding hydrogens is 189 g/mol. The average molecular weight is 198 g/mol. The second kappa shape index (κ2) is 3.93. The van der Waals surface area contributed by atoms with Gasteiger partial charge < -0.3 is 10.2 Å². The van der Waals surface area contributed by atoms with E-state index < -0.39 is 12.1 Å². The summed E-state index contributed by atoms with van der Waals surface area (Å²) in [5.41, 5.74) is 2.06. The molecule has 0 saturated carbocycles. The zero-order chi connectivity index (χ0) is 9.90. The predicted molar refractivity (Wildman–Crippen MR) is 36.6 cm³/mol. The molecule has 1 atom stereocenters. The molecule has 1 saturated heterocycles. The Morgan fingerprint density at radius 2 is 2.23 bits per heavy atom. The maximum atomic E-state index is 11.6. The van der Waals surface area contributed by atoms with Gasteiger partial charge in [-0.05, 0) is 13.0 Å². The largest absolute Gasteiger partial charge is 0.492 e. The van der Waals surface area contributed by atoms with Crippen LogP contribution in [0.25, 0.3) is 0 Å². The van der Waals surface area contributed by atoms with Crippen LogP contribution < -0.4 is 10.8 Å². The van der Waals surface area contributed by atoms with Crippen LogP contribution in [0.4, 0.5) is 13.2 Å². The molecule has 2 N–H and O–H groups in total. The fraction of sp³-hybridized carbons (Fsp3) is 0.833. The summed E-state index contributed by atoms with van der Waals surface area (Å²) in [5, 5.41) is 2.90. The lowest BCUT2D eigenvalue weighted by molar-refractivity contribution is -0.208. The highest BCUT2D eigenvalue weighted by Crippen LogP contribution is 2.15. The van der Waals surface area contributed by atoms with Gasteiger partial charge in [-0.1, -0.05) is 0 Å². The fourth-order valence-electron chi connectivity index (χ4n) is 0.950. The lowest BCUT2D eigenvalue weighted by Crippen LogP contribution is -2.38. The summed E-state index contributed by atoms with van der Waals surface area (Å²) in [6, 6.07) is -0.230. The number of hydrogen-bond acceptors (Lipinski definition) is 4. The third kappa shape index (κ3) is 3.19. The van der Waals surface area contributed by atoms with Gasteiger partial charge in [-0.25, -0.2) is 4.79 Å². The molecule has 1 aliphatic heterocycles. The van der Waals surface area contributed by atoms with E-state index in [4.69, 9.17) is 0 Å². The maximum Gasteiger partial charge on any atom is 0.492 e. The van der Waals surface area contributed by atoms with E-state index in [2.05, 4.69) is 15.6 Å². The van der Waals surface area contributed by atoms with E-state index in [0.717, 1.165) is 0 Å². The summed E-state index contributed by atoms with van der Waals surface area (Å²) in [6.45, 7) is 1.21. The van der Waals surface area contributed by atoms with Crippen molar-refractivity contribution in [3.8, 4) is 0 Å². The van der Waals surface area contributed by atoms with Crippen molar-refractivity contribution in [2.24, 2.45) is 0 Å². The van der Waals surface area contributed by atoms with Crippen molar-refractivity contribution in [2.45, 2.75) is 18.6 Å². The summed E-state index contributed by atoms with van der Waals surface area (Å²) in [5.74, 6) is -2.21. The minimum absolute atomic E-state index is 0.230. The van der Waals surface area contributed by atoms with E-state index in [1.165, 1.54) is 0 Å². The van der Waals surface area contributed by atoms with Gasteiger partial charge in [-0.3, -0.25) is 0 Å². The Hall–Kier alpha value is -0.820. The van der Waals surface area contributed by atoms with E-state index in [-0.39, 0.29) is 6.04 Å². The number of hydrogen-bond donors (Lipinski definition) is 2. The van der Waals surface area contributed by atoms with Crippen molar-refractivity contribution in [1.29, 1.82) is 0 Å². The molecule has 4 nitrogen and oxygen atoms in total. The zero-order valence-corrected chi connectivity index (χ0v) is 6.65. The molecule has 0 aromatic carbocycles. The number of carbonyl (C=O) groups is 1. The first-order valence-electron chi connectivity index (χ1n) is 3.74. The second-order valence-electron chi connectivity index (χ2n) is 2.69. The van der Waals surface area contributed by atoms with Crippen molar-refractivity contribution in [1.82, 2.24) is 10.8 Å². The van der Waals surface area contributed by atoms with Crippen LogP contribution in [0.2, 0.25) is 0 Å². The van der Waals surface area contributed by atoms with Crippen LogP contribution in [0, 0.1) is 0 Å². The zero-order valence-electron chi connectivity index (χ0n) is 6.65. The van der Waals surface area contributed by atoms with Crippen LogP contribution in [0.15, 0.2) is 0 Å². The molecule has 0 radical (unpaired) electrons. The van der Waals surface area contributed by atoms with Gasteiger partial charge in [-0.15, -0.1) is 5.48 Å². The Morgan fingerprint density at radius 3 is 2.69 bits per heavy atom. The molecule has 13 heavy (non-hydrogen) atoms. The van der Waals surface area contributed by atoms with Crippen LogP contribution in [-0.2, 0) is 9.63 Å². The first kappa shape index (κ1) is 10.3. The van der Waals surface area contributed by atoms with Gasteiger partial charge in [0.2, 0.25) is 0 Å². The molecule has 7 heteroatoms. The van der Waals surface area contributed by atoms with Crippen LogP contribution in [0.3, 0.4) is 0 Å². The van der Waals surface area contributed by atoms with Crippen LogP contribution >= 0.6 is 0 Å². The Kier molecular flexibility index (Phi) is 3.10. The van der Waals surface area contributed by atoms with Gasteiger partial charge >= 0.3 is 12.1 Å². The smallest absolute Gasteiger partial charge is 0.363 e. The topological polar surface area (TPSA) is 50.4 Å². The quantitative estimate of drug-likeness (QED) is 0.611. The molecule has 0 spiro atoms. The first-order valence-corrected chi connectivity index (χ1v) is 3.74. The summed E-state index contributed by atoms with van der Waals surface area (Å²) >= 11 is 0. The number of alkyl halides is 3. The molecule has 1 heterocycles. The normalized spacial score (nSPS) is 23.2. The highest BCUT2D eigenvalue weighted by Gasteiger charge is 2.41. The summed E-state index contributed by atoms with van der Waals surface area (Å²) in [4.78, 5) is 14.0. The monoisotopic (exact) mass is 198 g/mol. The summed E-state index contributed by atoms with van der Waals surface area (Å²) < 4.78 is 34.8. The van der Waals surface area contributed by atoms with Crippen molar-refractivity contribution < 1.29 is 22.8 Å². The van der Waals surface area contributed by atoms with Gasteiger partial charge in [0, 0.05) is 6.54 Å². The predicted octanol–water partition coefficient (Wildman–Crippen LogP) is -0.0416. The number of carbonyl (C=O) groups excluding carboxylic acids is 1. The number of hydroxylamine groups is 1. The standard InChI is InChI=1S/C6H9F3N2O2/c7-6(8,9)5(12)13-11-4-1-2-10-3-4/h4,10-11H,1-3H2. The number of nitrogens with one attached hydrogen (secondary N) is 2. The molecule has 1 unspecified atom stereocenters. The highest BCUT2D eigenvalue weighted by molar-refractivity contribution is 5.75. The maximum absolute atomic E-state index is 11.6. The van der Waals surface area contributed by atoms with E-state index in [1.54, 1.807) is 0 Å². The van der Waals surface area contributed by atoms with Crippen molar-refractivity contribution in [2.75, 3.05) is 13.1 Å². The van der Waals surface area contributed by atoms with E-state index in [0.29, 0.717) is 19.5 Å². The van der Waals surface area contributed by atoms with Crippen LogP contribution in [-0.4, -0.2) is 31.3 Å². The average Bonchev–Trinajstić information content (AvgIpc) is 2.50. The fourth-order valence-corrected chi connectivity index (χ4v) is 0.950. The SMILES string of the molecule is O=C(ONC1CCNC1)C(F)(F)F. The van der Waals surface area contributed by atoms with Crippen molar-refractivity contribution >= 4 is 5.97 Å². The first-order chi connectivity index (χ1) is 6.00. The van der Waals surface area contributed by atoms with E-state index >= 15 is 0 Å². The van der Waals surface area contributed by atoms with Crippen molar-refractivity contribution in [3.05, 3.63) is 0 Å². The molecule has 0 amide bonds. The second-order valence-corrected chi connectivity index (χ2v) is 2.69. The molecule has 0 aromatic rings. The van der Waals surface area contributed by atoms with Crippen molar-refractivity contribution in [3.63, 3.8) is 0 Å². The minimum atomic E-state index is -4.93. The Bertz CT molecular complexity index is 189. The lowest BCUT2D eigenvalue weighted by Gasteiger charge is -2.11. The molecule has 1 fully saturated rings. The van der Waals surface area contributed by atoms with Gasteiger partial charge in [-0.2, -0.15) is 13.2 Å². The minimum Gasteiger partial charge on any atom is -0.363 e. The van der Waals surface area contributed by atoms with Gasteiger partial charge in [0.15, 0.2) is 0 Å². The molecule has 76 valence electrons. The van der Waals surface area contributed by atoms with Crippen LogP contribution in [0.1, 0.15) is 6.42 Å². The van der Waals surface area contributed by atoms with Crippen LogP contribution in [0.5, 0.6) is 0 Å². The molecule has 0 aromatic heterocycles. The molecule has 0 bridgehead atoms. The number of halogens is 3. The summed E-state index contributed by atoms with van der Waals surface area (Å²) in [7, 11) is 0. The van der Waals surface area contributed by atoms with Gasteiger partial charge in [0.25, 0.3) is 0 Å². The Morgan fingerprint density at radius 1 is 1.54 bits per heavy atom. The molecule has 1 rings (SSSR count). The Labute approximate surface area is 72.4 Å². The number of rotatable bonds is 2. The van der Waals surface area contributed by atoms with E-state index in [1.807, 2.05) is 0 Å². The Balaban J connectivity index is 2.22. The lowest BCUT2D eigenvalue weighted by atomic mass is 10.3. The highest BCUT2D eigenvalue weighted by atomic mass is 19.4. The third-order valence-corrected chi connectivity index (χ3v) is 1.61. The van der Waals surface area contributed by atoms with Gasteiger partial charge in [0.1, 0.15) is 0 Å². The third-order valence-electron chi connectivity index (χ3n) is 1.61. The van der Waals surface area contributed by atoms with Gasteiger partial charge in [0.05, 0.1) is 6.04 Å². The summed E-state index contributed by atoms with van der Waals surface area (Å²) in [6.07, 6.45) is -4.29. The van der Waals surface area contributed by atoms with E-state index in [9.17, 15) is 18.0 Å². The molecule has 0 aliphatic carbocycles. The molecule has 1 aliphatic rings. The molecular formula is C6H9F3N2O2.